The van der Waals surface area contributed by atoms with E-state index in [1.807, 2.05) is 30.0 Å². The molecular formula is C12H16ClNO2. The highest BCUT2D eigenvalue weighted by atomic mass is 35.5. The van der Waals surface area contributed by atoms with Crippen LogP contribution in [0.2, 0.25) is 5.02 Å². The Morgan fingerprint density at radius 2 is 2.12 bits per heavy atom. The van der Waals surface area contributed by atoms with E-state index >= 15 is 0 Å². The number of rotatable bonds is 5. The largest absolute Gasteiger partial charge is 0.480 e. The molecule has 1 rings (SSSR count). The van der Waals surface area contributed by atoms with Crippen LogP contribution in [-0.4, -0.2) is 23.7 Å². The van der Waals surface area contributed by atoms with E-state index in [0.717, 1.165) is 12.1 Å². The Balaban J connectivity index is 3.02. The molecule has 0 heterocycles. The number of carboxylic acid groups (broad SMARTS) is 1. The van der Waals surface area contributed by atoms with Gasteiger partial charge in [0.2, 0.25) is 0 Å². The monoisotopic (exact) mass is 241 g/mol. The standard InChI is InChI=1S/C12H16ClNO2/c1-3-8-14(9(2)12(15)16)11-7-5-4-6-10(11)13/h4-7,9H,3,8H2,1-2H3,(H,15,16)/t9-/m0/s1. The molecule has 0 spiro atoms. The summed E-state index contributed by atoms with van der Waals surface area (Å²) in [6.07, 6.45) is 0.878. The molecule has 0 aliphatic carbocycles. The van der Waals surface area contributed by atoms with Gasteiger partial charge in [-0.05, 0) is 25.5 Å². The molecule has 1 atom stereocenters. The Morgan fingerprint density at radius 1 is 1.50 bits per heavy atom. The predicted molar refractivity (Wildman–Crippen MR) is 66.2 cm³/mol. The Kier molecular flexibility index (Phi) is 4.62. The van der Waals surface area contributed by atoms with Gasteiger partial charge in [0, 0.05) is 6.54 Å². The fourth-order valence-corrected chi connectivity index (χ4v) is 1.83. The first kappa shape index (κ1) is 12.8. The Morgan fingerprint density at radius 3 is 2.62 bits per heavy atom. The summed E-state index contributed by atoms with van der Waals surface area (Å²) >= 11 is 6.07. The number of benzene rings is 1. The molecule has 0 fully saturated rings. The van der Waals surface area contributed by atoms with E-state index in [1.165, 1.54) is 0 Å². The van der Waals surface area contributed by atoms with Crippen molar-refractivity contribution in [1.82, 2.24) is 0 Å². The highest BCUT2D eigenvalue weighted by Crippen LogP contribution is 2.27. The number of hydrogen-bond donors (Lipinski definition) is 1. The van der Waals surface area contributed by atoms with Gasteiger partial charge in [-0.25, -0.2) is 4.79 Å². The van der Waals surface area contributed by atoms with Gasteiger partial charge in [-0.15, -0.1) is 0 Å². The fraction of sp³-hybridized carbons (Fsp3) is 0.417. The molecule has 0 bridgehead atoms. The normalized spacial score (nSPS) is 12.2. The second kappa shape index (κ2) is 5.75. The summed E-state index contributed by atoms with van der Waals surface area (Å²) in [5.74, 6) is -0.839. The molecule has 16 heavy (non-hydrogen) atoms. The van der Waals surface area contributed by atoms with Crippen LogP contribution in [0.4, 0.5) is 5.69 Å². The van der Waals surface area contributed by atoms with E-state index in [-0.39, 0.29) is 0 Å². The number of hydrogen-bond acceptors (Lipinski definition) is 2. The molecule has 0 amide bonds. The van der Waals surface area contributed by atoms with Crippen molar-refractivity contribution in [3.8, 4) is 0 Å². The minimum Gasteiger partial charge on any atom is -0.480 e. The van der Waals surface area contributed by atoms with Crippen LogP contribution in [-0.2, 0) is 4.79 Å². The van der Waals surface area contributed by atoms with Gasteiger partial charge in [0.05, 0.1) is 10.7 Å². The van der Waals surface area contributed by atoms with Crippen molar-refractivity contribution in [2.24, 2.45) is 0 Å². The van der Waals surface area contributed by atoms with E-state index in [2.05, 4.69) is 0 Å². The van der Waals surface area contributed by atoms with E-state index in [0.29, 0.717) is 11.6 Å². The van der Waals surface area contributed by atoms with Gasteiger partial charge in [-0.1, -0.05) is 30.7 Å². The van der Waals surface area contributed by atoms with Crippen molar-refractivity contribution in [2.45, 2.75) is 26.3 Å². The first-order valence-corrected chi connectivity index (χ1v) is 5.69. The lowest BCUT2D eigenvalue weighted by Gasteiger charge is -2.29. The lowest BCUT2D eigenvalue weighted by molar-refractivity contribution is -0.138. The minimum atomic E-state index is -0.839. The number of aliphatic carboxylic acids is 1. The van der Waals surface area contributed by atoms with E-state index in [4.69, 9.17) is 16.7 Å². The highest BCUT2D eigenvalue weighted by molar-refractivity contribution is 6.33. The topological polar surface area (TPSA) is 40.5 Å². The fourth-order valence-electron chi connectivity index (χ4n) is 1.58. The quantitative estimate of drug-likeness (QED) is 0.862. The van der Waals surface area contributed by atoms with Crippen molar-refractivity contribution in [1.29, 1.82) is 0 Å². The molecule has 0 unspecified atom stereocenters. The zero-order valence-electron chi connectivity index (χ0n) is 9.48. The number of halogens is 1. The van der Waals surface area contributed by atoms with Crippen LogP contribution in [0.25, 0.3) is 0 Å². The van der Waals surface area contributed by atoms with Gasteiger partial charge >= 0.3 is 5.97 Å². The molecule has 0 radical (unpaired) electrons. The Bertz CT molecular complexity index is 368. The van der Waals surface area contributed by atoms with Gasteiger partial charge in [0.1, 0.15) is 6.04 Å². The summed E-state index contributed by atoms with van der Waals surface area (Å²) in [5.41, 5.74) is 0.779. The van der Waals surface area contributed by atoms with Crippen LogP contribution in [0.1, 0.15) is 20.3 Å². The number of anilines is 1. The van der Waals surface area contributed by atoms with Gasteiger partial charge in [0.25, 0.3) is 0 Å². The van der Waals surface area contributed by atoms with Crippen molar-refractivity contribution in [3.05, 3.63) is 29.3 Å². The molecule has 4 heteroatoms. The van der Waals surface area contributed by atoms with Crippen LogP contribution in [0.3, 0.4) is 0 Å². The molecule has 0 aliphatic rings. The zero-order valence-corrected chi connectivity index (χ0v) is 10.2. The van der Waals surface area contributed by atoms with Crippen LogP contribution in [0, 0.1) is 0 Å². The van der Waals surface area contributed by atoms with Crippen molar-refractivity contribution < 1.29 is 9.90 Å². The average molecular weight is 242 g/mol. The first-order valence-electron chi connectivity index (χ1n) is 5.32. The summed E-state index contributed by atoms with van der Waals surface area (Å²) in [5, 5.41) is 9.63. The second-order valence-electron chi connectivity index (χ2n) is 3.66. The maximum absolute atomic E-state index is 11.0. The lowest BCUT2D eigenvalue weighted by Crippen LogP contribution is -2.39. The lowest BCUT2D eigenvalue weighted by atomic mass is 10.2. The van der Waals surface area contributed by atoms with Crippen LogP contribution in [0.5, 0.6) is 0 Å². The number of para-hydroxylation sites is 1. The molecule has 1 N–H and O–H groups in total. The average Bonchev–Trinajstić information content (AvgIpc) is 2.26. The van der Waals surface area contributed by atoms with Gasteiger partial charge in [-0.3, -0.25) is 0 Å². The summed E-state index contributed by atoms with van der Waals surface area (Å²) in [6.45, 7) is 4.36. The van der Waals surface area contributed by atoms with Gasteiger partial charge in [-0.2, -0.15) is 0 Å². The maximum Gasteiger partial charge on any atom is 0.326 e. The van der Waals surface area contributed by atoms with Crippen LogP contribution in [0.15, 0.2) is 24.3 Å². The summed E-state index contributed by atoms with van der Waals surface area (Å²) < 4.78 is 0. The van der Waals surface area contributed by atoms with Crippen molar-refractivity contribution >= 4 is 23.3 Å². The van der Waals surface area contributed by atoms with Gasteiger partial charge in [0.15, 0.2) is 0 Å². The first-order chi connectivity index (χ1) is 7.57. The second-order valence-corrected chi connectivity index (χ2v) is 4.07. The van der Waals surface area contributed by atoms with E-state index in [1.54, 1.807) is 13.0 Å². The third-order valence-corrected chi connectivity index (χ3v) is 2.77. The SMILES string of the molecule is CCCN(c1ccccc1Cl)[C@@H](C)C(=O)O. The minimum absolute atomic E-state index is 0.570. The molecule has 3 nitrogen and oxygen atoms in total. The van der Waals surface area contributed by atoms with Crippen molar-refractivity contribution in [3.63, 3.8) is 0 Å². The number of carbonyl (C=O) groups is 1. The third-order valence-electron chi connectivity index (χ3n) is 2.45. The summed E-state index contributed by atoms with van der Waals surface area (Å²) in [6, 6.07) is 6.74. The summed E-state index contributed by atoms with van der Waals surface area (Å²) in [4.78, 5) is 12.8. The Hall–Kier alpha value is -1.22. The summed E-state index contributed by atoms with van der Waals surface area (Å²) in [7, 11) is 0. The zero-order chi connectivity index (χ0) is 12.1. The molecule has 1 aromatic rings. The van der Waals surface area contributed by atoms with E-state index in [9.17, 15) is 4.79 Å². The predicted octanol–water partition coefficient (Wildman–Crippen LogP) is 3.03. The molecule has 0 aliphatic heterocycles. The Labute approximate surface area is 101 Å². The molecule has 1 aromatic carbocycles. The molecule has 0 saturated heterocycles. The van der Waals surface area contributed by atoms with Crippen LogP contribution < -0.4 is 4.90 Å². The maximum atomic E-state index is 11.0. The number of carboxylic acids is 1. The molecule has 0 aromatic heterocycles. The number of nitrogens with zero attached hydrogens (tertiary/aromatic N) is 1. The highest BCUT2D eigenvalue weighted by Gasteiger charge is 2.21. The molecule has 88 valence electrons. The smallest absolute Gasteiger partial charge is 0.326 e. The van der Waals surface area contributed by atoms with Crippen LogP contribution >= 0.6 is 11.6 Å². The molecular weight excluding hydrogens is 226 g/mol. The molecule has 0 saturated carbocycles. The van der Waals surface area contributed by atoms with E-state index < -0.39 is 12.0 Å². The third kappa shape index (κ3) is 2.89. The van der Waals surface area contributed by atoms with Gasteiger partial charge < -0.3 is 10.0 Å². The van der Waals surface area contributed by atoms with Crippen molar-refractivity contribution in [2.75, 3.05) is 11.4 Å².